The molecule has 1 aliphatic rings. The van der Waals surface area contributed by atoms with Crippen LogP contribution < -0.4 is 5.73 Å². The lowest BCUT2D eigenvalue weighted by Crippen LogP contribution is -2.25. The minimum atomic E-state index is -1.04. The average Bonchev–Trinajstić information content (AvgIpc) is 3.17. The van der Waals surface area contributed by atoms with E-state index in [1.807, 2.05) is 18.2 Å². The van der Waals surface area contributed by atoms with Crippen molar-refractivity contribution in [1.29, 1.82) is 0 Å². The molecule has 5 heteroatoms. The zero-order valence-electron chi connectivity index (χ0n) is 11.7. The van der Waals surface area contributed by atoms with E-state index in [4.69, 9.17) is 10.8 Å². The molecule has 4 nitrogen and oxygen atoms in total. The molecule has 0 spiro atoms. The van der Waals surface area contributed by atoms with Gasteiger partial charge in [0.25, 0.3) is 0 Å². The second kappa shape index (κ2) is 5.58. The molecule has 2 aromatic rings. The van der Waals surface area contributed by atoms with E-state index in [2.05, 4.69) is 17.1 Å². The molecule has 1 aliphatic carbocycles. The maximum Gasteiger partial charge on any atom is 0.326 e. The Balaban J connectivity index is 2.01. The zero-order chi connectivity index (χ0) is 14.9. The molecule has 0 amide bonds. The summed E-state index contributed by atoms with van der Waals surface area (Å²) in [7, 11) is 0. The van der Waals surface area contributed by atoms with Crippen molar-refractivity contribution in [2.24, 2.45) is 5.73 Å². The number of hydrogen-bond acceptors (Lipinski definition) is 4. The number of carboxylic acids is 1. The van der Waals surface area contributed by atoms with Gasteiger partial charge in [0.05, 0.1) is 5.69 Å². The first-order valence-corrected chi connectivity index (χ1v) is 8.01. The third kappa shape index (κ3) is 2.47. The third-order valence-corrected chi connectivity index (χ3v) is 5.36. The lowest BCUT2D eigenvalue weighted by atomic mass is 9.79. The first-order chi connectivity index (χ1) is 10.1. The van der Waals surface area contributed by atoms with Crippen LogP contribution in [0.3, 0.4) is 0 Å². The lowest BCUT2D eigenvalue weighted by molar-refractivity contribution is -0.138. The van der Waals surface area contributed by atoms with Gasteiger partial charge in [0, 0.05) is 10.8 Å². The quantitative estimate of drug-likeness (QED) is 0.910. The van der Waals surface area contributed by atoms with Crippen LogP contribution in [0.1, 0.15) is 48.0 Å². The van der Waals surface area contributed by atoms with Crippen molar-refractivity contribution in [3.63, 3.8) is 0 Å². The minimum Gasteiger partial charge on any atom is -0.480 e. The fourth-order valence-corrected chi connectivity index (χ4v) is 4.27. The van der Waals surface area contributed by atoms with E-state index in [-0.39, 0.29) is 5.41 Å². The number of rotatable bonds is 4. The fraction of sp³-hybridized carbons (Fsp3) is 0.375. The van der Waals surface area contributed by atoms with Gasteiger partial charge in [-0.1, -0.05) is 43.2 Å². The van der Waals surface area contributed by atoms with Crippen molar-refractivity contribution in [2.45, 2.75) is 37.1 Å². The molecule has 3 rings (SSSR count). The first kappa shape index (κ1) is 14.2. The van der Waals surface area contributed by atoms with Gasteiger partial charge < -0.3 is 10.8 Å². The van der Waals surface area contributed by atoms with E-state index < -0.39 is 12.0 Å². The maximum absolute atomic E-state index is 11.0. The molecule has 0 bridgehead atoms. The van der Waals surface area contributed by atoms with Crippen LogP contribution in [0.2, 0.25) is 0 Å². The number of aliphatic carboxylic acids is 1. The van der Waals surface area contributed by atoms with E-state index in [1.54, 1.807) is 5.38 Å². The minimum absolute atomic E-state index is 0.0671. The Morgan fingerprint density at radius 1 is 1.29 bits per heavy atom. The Bertz CT molecular complexity index is 633. The molecule has 110 valence electrons. The average molecular weight is 302 g/mol. The molecule has 1 heterocycles. The summed E-state index contributed by atoms with van der Waals surface area (Å²) in [6, 6.07) is 9.36. The smallest absolute Gasteiger partial charge is 0.326 e. The maximum atomic E-state index is 11.0. The standard InChI is InChI=1S/C16H18N2O2S/c17-13(14(19)20)12-10-21-15(18-12)16(8-4-5-9-16)11-6-2-1-3-7-11/h1-3,6-7,10,13H,4-5,8-9,17H2,(H,19,20). The highest BCUT2D eigenvalue weighted by Gasteiger charge is 2.40. The topological polar surface area (TPSA) is 76.2 Å². The normalized spacial score (nSPS) is 18.5. The van der Waals surface area contributed by atoms with Gasteiger partial charge in [-0.2, -0.15) is 0 Å². The second-order valence-electron chi connectivity index (χ2n) is 5.55. The van der Waals surface area contributed by atoms with Crippen LogP contribution >= 0.6 is 11.3 Å². The third-order valence-electron chi connectivity index (χ3n) is 4.30. The van der Waals surface area contributed by atoms with Crippen LogP contribution in [-0.4, -0.2) is 16.1 Å². The molecule has 1 atom stereocenters. The molecule has 1 fully saturated rings. The van der Waals surface area contributed by atoms with Crippen LogP contribution in [0.25, 0.3) is 0 Å². The van der Waals surface area contributed by atoms with Gasteiger partial charge in [-0.15, -0.1) is 11.3 Å². The highest BCUT2D eigenvalue weighted by atomic mass is 32.1. The predicted molar refractivity (Wildman–Crippen MR) is 82.4 cm³/mol. The number of hydrogen-bond donors (Lipinski definition) is 2. The highest BCUT2D eigenvalue weighted by molar-refractivity contribution is 7.09. The highest BCUT2D eigenvalue weighted by Crippen LogP contribution is 2.47. The Hall–Kier alpha value is -1.72. The van der Waals surface area contributed by atoms with Crippen LogP contribution in [0.15, 0.2) is 35.7 Å². The van der Waals surface area contributed by atoms with Crippen molar-refractivity contribution in [3.05, 3.63) is 52.0 Å². The molecule has 3 N–H and O–H groups in total. The van der Waals surface area contributed by atoms with Gasteiger partial charge in [-0.3, -0.25) is 4.79 Å². The summed E-state index contributed by atoms with van der Waals surface area (Å²) >= 11 is 1.53. The van der Waals surface area contributed by atoms with E-state index >= 15 is 0 Å². The molecule has 1 aromatic carbocycles. The lowest BCUT2D eigenvalue weighted by Gasteiger charge is -2.27. The molecule has 1 saturated carbocycles. The summed E-state index contributed by atoms with van der Waals surface area (Å²) < 4.78 is 0. The Kier molecular flexibility index (Phi) is 3.78. The Labute approximate surface area is 127 Å². The van der Waals surface area contributed by atoms with Crippen molar-refractivity contribution >= 4 is 17.3 Å². The number of thiazole rings is 1. The van der Waals surface area contributed by atoms with Crippen LogP contribution in [0.5, 0.6) is 0 Å². The summed E-state index contributed by atoms with van der Waals surface area (Å²) in [5, 5.41) is 11.8. The molecule has 1 aromatic heterocycles. The van der Waals surface area contributed by atoms with Gasteiger partial charge in [0.2, 0.25) is 0 Å². The number of aromatic nitrogens is 1. The summed E-state index contributed by atoms with van der Waals surface area (Å²) in [5.41, 5.74) is 7.34. The second-order valence-corrected chi connectivity index (χ2v) is 6.41. The monoisotopic (exact) mass is 302 g/mol. The van der Waals surface area contributed by atoms with Crippen LogP contribution in [-0.2, 0) is 10.2 Å². The molecule has 1 unspecified atom stereocenters. The SMILES string of the molecule is NC(C(=O)O)c1csc(C2(c3ccccc3)CCCC2)n1. The molecular formula is C16H18N2O2S. The summed E-state index contributed by atoms with van der Waals surface area (Å²) in [6.07, 6.45) is 4.47. The summed E-state index contributed by atoms with van der Waals surface area (Å²) in [6.45, 7) is 0. The molecule has 0 aliphatic heterocycles. The van der Waals surface area contributed by atoms with Crippen molar-refractivity contribution < 1.29 is 9.90 Å². The van der Waals surface area contributed by atoms with E-state index in [0.717, 1.165) is 17.8 Å². The number of nitrogens with two attached hydrogens (primary N) is 1. The summed E-state index contributed by atoms with van der Waals surface area (Å²) in [4.78, 5) is 15.6. The first-order valence-electron chi connectivity index (χ1n) is 7.13. The number of carboxylic acid groups (broad SMARTS) is 1. The largest absolute Gasteiger partial charge is 0.480 e. The Morgan fingerprint density at radius 2 is 1.95 bits per heavy atom. The van der Waals surface area contributed by atoms with Crippen molar-refractivity contribution in [1.82, 2.24) is 4.98 Å². The van der Waals surface area contributed by atoms with Crippen LogP contribution in [0.4, 0.5) is 0 Å². The van der Waals surface area contributed by atoms with Crippen molar-refractivity contribution in [2.75, 3.05) is 0 Å². The molecule has 0 radical (unpaired) electrons. The van der Waals surface area contributed by atoms with Gasteiger partial charge in [0.1, 0.15) is 11.0 Å². The fourth-order valence-electron chi connectivity index (χ4n) is 3.14. The molecular weight excluding hydrogens is 284 g/mol. The van der Waals surface area contributed by atoms with Crippen molar-refractivity contribution in [3.8, 4) is 0 Å². The van der Waals surface area contributed by atoms with Gasteiger partial charge >= 0.3 is 5.97 Å². The zero-order valence-corrected chi connectivity index (χ0v) is 12.5. The van der Waals surface area contributed by atoms with Gasteiger partial charge in [-0.05, 0) is 18.4 Å². The summed E-state index contributed by atoms with van der Waals surface area (Å²) in [5.74, 6) is -1.04. The molecule has 21 heavy (non-hydrogen) atoms. The Morgan fingerprint density at radius 3 is 2.57 bits per heavy atom. The predicted octanol–water partition coefficient (Wildman–Crippen LogP) is 3.09. The van der Waals surface area contributed by atoms with Crippen LogP contribution in [0, 0.1) is 0 Å². The van der Waals surface area contributed by atoms with Gasteiger partial charge in [-0.25, -0.2) is 4.98 Å². The van der Waals surface area contributed by atoms with E-state index in [1.165, 1.54) is 29.7 Å². The number of carbonyl (C=O) groups is 1. The number of benzene rings is 1. The van der Waals surface area contributed by atoms with E-state index in [9.17, 15) is 4.79 Å². The number of nitrogens with zero attached hydrogens (tertiary/aromatic N) is 1. The van der Waals surface area contributed by atoms with Gasteiger partial charge in [0.15, 0.2) is 0 Å². The van der Waals surface area contributed by atoms with E-state index in [0.29, 0.717) is 5.69 Å². The molecule has 0 saturated heterocycles.